The zero-order chi connectivity index (χ0) is 18.8. The van der Waals surface area contributed by atoms with E-state index in [0.29, 0.717) is 46.2 Å². The largest absolute Gasteiger partial charge is 0.461 e. The third-order valence-corrected chi connectivity index (χ3v) is 4.18. The molecule has 1 N–H and O–H groups in total. The number of furan rings is 1. The molecule has 2 heterocycles. The van der Waals surface area contributed by atoms with E-state index in [1.807, 2.05) is 0 Å². The van der Waals surface area contributed by atoms with Gasteiger partial charge in [0.25, 0.3) is 0 Å². The van der Waals surface area contributed by atoms with Crippen molar-refractivity contribution in [1.29, 1.82) is 0 Å². The van der Waals surface area contributed by atoms with Crippen molar-refractivity contribution in [2.24, 2.45) is 0 Å². The summed E-state index contributed by atoms with van der Waals surface area (Å²) in [5, 5.41) is 2.84. The molecule has 0 bridgehead atoms. The number of halogens is 1. The Balaban J connectivity index is 1.38. The van der Waals surface area contributed by atoms with Gasteiger partial charge in [0.15, 0.2) is 11.5 Å². The number of hydrogen-bond donors (Lipinski definition) is 1. The van der Waals surface area contributed by atoms with E-state index in [2.05, 4.69) is 10.3 Å². The van der Waals surface area contributed by atoms with Crippen LogP contribution in [0.25, 0.3) is 22.4 Å². The molecule has 0 spiro atoms. The smallest absolute Gasteiger partial charge is 0.224 e. The van der Waals surface area contributed by atoms with Gasteiger partial charge in [-0.25, -0.2) is 9.37 Å². The second-order valence-corrected chi connectivity index (χ2v) is 6.21. The van der Waals surface area contributed by atoms with Gasteiger partial charge >= 0.3 is 0 Å². The highest BCUT2D eigenvalue weighted by molar-refractivity contribution is 5.92. The number of amides is 1. The highest BCUT2D eigenvalue weighted by Crippen LogP contribution is 2.25. The van der Waals surface area contributed by atoms with Gasteiger partial charge in [0, 0.05) is 25.5 Å². The number of fused-ring (bicyclic) bond motifs is 1. The molecule has 0 saturated carbocycles. The Kier molecular flexibility index (Phi) is 4.46. The first-order chi connectivity index (χ1) is 13.1. The number of anilines is 1. The molecule has 1 amide bonds. The molecule has 0 aliphatic rings. The molecule has 4 aromatic rings. The van der Waals surface area contributed by atoms with E-state index < -0.39 is 0 Å². The summed E-state index contributed by atoms with van der Waals surface area (Å²) < 4.78 is 24.9. The number of aromatic nitrogens is 1. The summed E-state index contributed by atoms with van der Waals surface area (Å²) in [4.78, 5) is 16.5. The van der Waals surface area contributed by atoms with Gasteiger partial charge in [-0.15, -0.1) is 0 Å². The summed E-state index contributed by atoms with van der Waals surface area (Å²) in [7, 11) is 0. The van der Waals surface area contributed by atoms with Crippen LogP contribution < -0.4 is 5.32 Å². The first-order valence-electron chi connectivity index (χ1n) is 8.59. The molecule has 5 nitrogen and oxygen atoms in total. The number of carbonyl (C=O) groups is 1. The SMILES string of the molecule is Cc1nc2cc(NC(=O)CCc3ccc(-c4ccccc4F)o3)ccc2o1. The van der Waals surface area contributed by atoms with Crippen molar-refractivity contribution >= 4 is 22.7 Å². The lowest BCUT2D eigenvalue weighted by Gasteiger charge is -2.04. The van der Waals surface area contributed by atoms with Crippen LogP contribution in [0.2, 0.25) is 0 Å². The van der Waals surface area contributed by atoms with Crippen LogP contribution in [0.4, 0.5) is 10.1 Å². The van der Waals surface area contributed by atoms with Gasteiger partial charge in [0.2, 0.25) is 5.91 Å². The van der Waals surface area contributed by atoms with Gasteiger partial charge < -0.3 is 14.2 Å². The minimum Gasteiger partial charge on any atom is -0.461 e. The number of rotatable bonds is 5. The van der Waals surface area contributed by atoms with Crippen molar-refractivity contribution in [2.75, 3.05) is 5.32 Å². The summed E-state index contributed by atoms with van der Waals surface area (Å²) in [6.45, 7) is 1.77. The normalized spacial score (nSPS) is 11.0. The molecule has 2 aromatic carbocycles. The highest BCUT2D eigenvalue weighted by atomic mass is 19.1. The minimum atomic E-state index is -0.338. The molecular formula is C21H17FN2O3. The summed E-state index contributed by atoms with van der Waals surface area (Å²) in [5.41, 5.74) is 2.45. The van der Waals surface area contributed by atoms with Gasteiger partial charge in [0.1, 0.15) is 22.9 Å². The lowest BCUT2D eigenvalue weighted by molar-refractivity contribution is -0.116. The Morgan fingerprint density at radius 3 is 2.81 bits per heavy atom. The number of nitrogens with zero attached hydrogens (tertiary/aromatic N) is 1. The van der Waals surface area contributed by atoms with Crippen LogP contribution in [0.3, 0.4) is 0 Å². The second-order valence-electron chi connectivity index (χ2n) is 6.21. The minimum absolute atomic E-state index is 0.140. The van der Waals surface area contributed by atoms with Crippen LogP contribution in [-0.4, -0.2) is 10.9 Å². The molecular weight excluding hydrogens is 347 g/mol. The van der Waals surface area contributed by atoms with Crippen LogP contribution >= 0.6 is 0 Å². The maximum absolute atomic E-state index is 13.8. The Labute approximate surface area is 154 Å². The van der Waals surface area contributed by atoms with Crippen molar-refractivity contribution in [2.45, 2.75) is 19.8 Å². The van der Waals surface area contributed by atoms with Crippen molar-refractivity contribution in [3.63, 3.8) is 0 Å². The highest BCUT2D eigenvalue weighted by Gasteiger charge is 2.11. The zero-order valence-electron chi connectivity index (χ0n) is 14.7. The average Bonchev–Trinajstić information content (AvgIpc) is 3.25. The van der Waals surface area contributed by atoms with Crippen molar-refractivity contribution in [3.8, 4) is 11.3 Å². The van der Waals surface area contributed by atoms with E-state index in [4.69, 9.17) is 8.83 Å². The lowest BCUT2D eigenvalue weighted by atomic mass is 10.1. The van der Waals surface area contributed by atoms with E-state index in [1.165, 1.54) is 6.07 Å². The Morgan fingerprint density at radius 1 is 1.11 bits per heavy atom. The first kappa shape index (κ1) is 17.0. The van der Waals surface area contributed by atoms with Crippen LogP contribution in [-0.2, 0) is 11.2 Å². The van der Waals surface area contributed by atoms with Crippen LogP contribution in [0.1, 0.15) is 18.1 Å². The Morgan fingerprint density at radius 2 is 1.96 bits per heavy atom. The van der Waals surface area contributed by atoms with Gasteiger partial charge in [-0.2, -0.15) is 0 Å². The maximum atomic E-state index is 13.8. The van der Waals surface area contributed by atoms with E-state index in [1.54, 1.807) is 55.5 Å². The monoisotopic (exact) mass is 364 g/mol. The predicted octanol–water partition coefficient (Wildman–Crippen LogP) is 5.11. The number of benzene rings is 2. The maximum Gasteiger partial charge on any atom is 0.224 e. The van der Waals surface area contributed by atoms with Crippen LogP contribution in [0.15, 0.2) is 63.4 Å². The van der Waals surface area contributed by atoms with E-state index in [0.717, 1.165) is 0 Å². The third kappa shape index (κ3) is 3.74. The molecule has 4 rings (SSSR count). The molecule has 0 saturated heterocycles. The van der Waals surface area contributed by atoms with Gasteiger partial charge in [-0.3, -0.25) is 4.79 Å². The Bertz CT molecular complexity index is 1110. The number of carbonyl (C=O) groups excluding carboxylic acids is 1. The molecule has 0 unspecified atom stereocenters. The molecule has 0 aliphatic heterocycles. The van der Waals surface area contributed by atoms with Crippen molar-refractivity contribution in [1.82, 2.24) is 4.98 Å². The fraction of sp³-hybridized carbons (Fsp3) is 0.143. The predicted molar refractivity (Wildman–Crippen MR) is 99.8 cm³/mol. The molecule has 136 valence electrons. The first-order valence-corrected chi connectivity index (χ1v) is 8.59. The molecule has 0 atom stereocenters. The van der Waals surface area contributed by atoms with Crippen LogP contribution in [0, 0.1) is 12.7 Å². The fourth-order valence-electron chi connectivity index (χ4n) is 2.90. The molecule has 0 fully saturated rings. The average molecular weight is 364 g/mol. The number of nitrogens with one attached hydrogen (secondary N) is 1. The Hall–Kier alpha value is -3.41. The molecule has 6 heteroatoms. The summed E-state index contributed by atoms with van der Waals surface area (Å²) in [6.07, 6.45) is 0.672. The van der Waals surface area contributed by atoms with E-state index in [9.17, 15) is 9.18 Å². The van der Waals surface area contributed by atoms with Gasteiger partial charge in [-0.1, -0.05) is 12.1 Å². The van der Waals surface area contributed by atoms with Gasteiger partial charge in [-0.05, 0) is 42.5 Å². The summed E-state index contributed by atoms with van der Waals surface area (Å²) in [5.74, 6) is 1.19. The van der Waals surface area contributed by atoms with Crippen LogP contribution in [0.5, 0.6) is 0 Å². The number of aryl methyl sites for hydroxylation is 2. The lowest BCUT2D eigenvalue weighted by Crippen LogP contribution is -2.12. The molecule has 2 aromatic heterocycles. The van der Waals surface area contributed by atoms with Crippen molar-refractivity contribution < 1.29 is 18.0 Å². The van der Waals surface area contributed by atoms with E-state index in [-0.39, 0.29) is 18.1 Å². The summed E-state index contributed by atoms with van der Waals surface area (Å²) in [6, 6.07) is 15.2. The topological polar surface area (TPSA) is 68.3 Å². The quantitative estimate of drug-likeness (QED) is 0.534. The van der Waals surface area contributed by atoms with E-state index >= 15 is 0 Å². The fourth-order valence-corrected chi connectivity index (χ4v) is 2.90. The zero-order valence-corrected chi connectivity index (χ0v) is 14.7. The molecule has 0 radical (unpaired) electrons. The second kappa shape index (κ2) is 7.07. The van der Waals surface area contributed by atoms with Crippen molar-refractivity contribution in [3.05, 3.63) is 72.1 Å². The molecule has 0 aliphatic carbocycles. The third-order valence-electron chi connectivity index (χ3n) is 4.18. The number of oxazole rings is 1. The molecule has 27 heavy (non-hydrogen) atoms. The standard InChI is InChI=1S/C21H17FN2O3/c1-13-23-18-12-14(6-9-20(18)26-13)24-21(25)11-8-15-7-10-19(27-15)16-4-2-3-5-17(16)22/h2-7,9-10,12H,8,11H2,1H3,(H,24,25). The van der Waals surface area contributed by atoms with Gasteiger partial charge in [0.05, 0.1) is 5.56 Å². The number of hydrogen-bond acceptors (Lipinski definition) is 4. The summed E-state index contributed by atoms with van der Waals surface area (Å²) >= 11 is 0.